The van der Waals surface area contributed by atoms with Crippen LogP contribution in [0.5, 0.6) is 0 Å². The van der Waals surface area contributed by atoms with Gasteiger partial charge in [0.25, 0.3) is 0 Å². The van der Waals surface area contributed by atoms with E-state index >= 15 is 0 Å². The van der Waals surface area contributed by atoms with Crippen LogP contribution in [-0.4, -0.2) is 24.6 Å². The van der Waals surface area contributed by atoms with Gasteiger partial charge in [-0.05, 0) is 14.0 Å². The maximum atomic E-state index is 11.4. The van der Waals surface area contributed by atoms with Crippen LogP contribution in [0.1, 0.15) is 18.7 Å². The van der Waals surface area contributed by atoms with E-state index in [4.69, 9.17) is 4.74 Å². The van der Waals surface area contributed by atoms with E-state index in [1.54, 1.807) is 19.5 Å². The van der Waals surface area contributed by atoms with E-state index in [-0.39, 0.29) is 5.97 Å². The number of thiazole rings is 1. The van der Waals surface area contributed by atoms with Gasteiger partial charge >= 0.3 is 5.97 Å². The van der Waals surface area contributed by atoms with E-state index in [9.17, 15) is 4.79 Å². The molecule has 1 unspecified atom stereocenters. The number of esters is 1. The summed E-state index contributed by atoms with van der Waals surface area (Å²) in [5.41, 5.74) is 2.41. The van der Waals surface area contributed by atoms with Crippen molar-refractivity contribution >= 4 is 17.3 Å². The number of carbonyl (C=O) groups is 1. The molecule has 5 heteroatoms. The third-order valence-electron chi connectivity index (χ3n) is 1.56. The lowest BCUT2D eigenvalue weighted by molar-refractivity contribution is -0.145. The predicted octanol–water partition coefficient (Wildman–Crippen LogP) is 0.967. The first-order valence-corrected chi connectivity index (χ1v) is 4.95. The number of hydrogen-bond donors (Lipinski definition) is 1. The molecule has 1 N–H and O–H groups in total. The van der Waals surface area contributed by atoms with E-state index in [1.165, 1.54) is 11.3 Å². The fourth-order valence-corrected chi connectivity index (χ4v) is 1.56. The lowest BCUT2D eigenvalue weighted by atomic mass is 10.2. The second-order valence-corrected chi connectivity index (χ2v) is 3.11. The van der Waals surface area contributed by atoms with Gasteiger partial charge in [0.2, 0.25) is 0 Å². The van der Waals surface area contributed by atoms with Crippen molar-refractivity contribution in [1.82, 2.24) is 10.3 Å². The second kappa shape index (κ2) is 4.94. The second-order valence-electron chi connectivity index (χ2n) is 2.39. The number of nitrogens with zero attached hydrogens (tertiary/aromatic N) is 1. The number of rotatable bonds is 4. The van der Waals surface area contributed by atoms with Gasteiger partial charge in [-0.2, -0.15) is 0 Å². The maximum absolute atomic E-state index is 11.4. The SMILES string of the molecule is CCOC(=O)C(NC)c1cscn1. The third-order valence-corrected chi connectivity index (χ3v) is 2.16. The average Bonchev–Trinajstić information content (AvgIpc) is 2.59. The smallest absolute Gasteiger partial charge is 0.329 e. The molecule has 0 aliphatic rings. The number of aromatic nitrogens is 1. The van der Waals surface area contributed by atoms with Crippen LogP contribution >= 0.6 is 11.3 Å². The molecule has 0 aromatic carbocycles. The minimum atomic E-state index is -0.439. The van der Waals surface area contributed by atoms with E-state index in [1.807, 2.05) is 5.38 Å². The zero-order chi connectivity index (χ0) is 9.68. The van der Waals surface area contributed by atoms with Crippen molar-refractivity contribution in [2.24, 2.45) is 0 Å². The molecule has 0 saturated heterocycles. The molecule has 13 heavy (non-hydrogen) atoms. The minimum Gasteiger partial charge on any atom is -0.465 e. The molecule has 1 atom stereocenters. The van der Waals surface area contributed by atoms with Gasteiger partial charge in [-0.3, -0.25) is 0 Å². The van der Waals surface area contributed by atoms with Crippen molar-refractivity contribution in [3.05, 3.63) is 16.6 Å². The minimum absolute atomic E-state index is 0.282. The monoisotopic (exact) mass is 200 g/mol. The number of likely N-dealkylation sites (N-methyl/N-ethyl adjacent to an activating group) is 1. The standard InChI is InChI=1S/C8H12N2O2S/c1-3-12-8(11)7(9-2)6-4-13-5-10-6/h4-5,7,9H,3H2,1-2H3. The molecule has 72 valence electrons. The first-order chi connectivity index (χ1) is 6.29. The summed E-state index contributed by atoms with van der Waals surface area (Å²) in [6, 6.07) is -0.439. The number of nitrogens with one attached hydrogen (secondary N) is 1. The van der Waals surface area contributed by atoms with Gasteiger partial charge in [0.15, 0.2) is 0 Å². The summed E-state index contributed by atoms with van der Waals surface area (Å²) < 4.78 is 4.88. The molecular weight excluding hydrogens is 188 g/mol. The molecule has 1 rings (SSSR count). The Bertz CT molecular complexity index is 261. The van der Waals surface area contributed by atoms with Crippen LogP contribution in [0.4, 0.5) is 0 Å². The highest BCUT2D eigenvalue weighted by molar-refractivity contribution is 7.07. The summed E-state index contributed by atoms with van der Waals surface area (Å²) in [6.45, 7) is 2.17. The Balaban J connectivity index is 2.68. The summed E-state index contributed by atoms with van der Waals surface area (Å²) in [5, 5.41) is 4.69. The molecule has 1 aromatic rings. The Labute approximate surface area is 80.9 Å². The molecular formula is C8H12N2O2S. The fourth-order valence-electron chi connectivity index (χ4n) is 0.977. The number of ether oxygens (including phenoxy) is 1. The van der Waals surface area contributed by atoms with Crippen molar-refractivity contribution in [1.29, 1.82) is 0 Å². The third kappa shape index (κ3) is 2.50. The normalized spacial score (nSPS) is 12.5. The zero-order valence-electron chi connectivity index (χ0n) is 7.61. The number of carbonyl (C=O) groups excluding carboxylic acids is 1. The highest BCUT2D eigenvalue weighted by atomic mass is 32.1. The number of hydrogen-bond acceptors (Lipinski definition) is 5. The van der Waals surface area contributed by atoms with Crippen LogP contribution in [0.3, 0.4) is 0 Å². The Morgan fingerprint density at radius 1 is 1.85 bits per heavy atom. The highest BCUT2D eigenvalue weighted by Gasteiger charge is 2.21. The molecule has 0 fully saturated rings. The van der Waals surface area contributed by atoms with Crippen molar-refractivity contribution in [3.8, 4) is 0 Å². The fraction of sp³-hybridized carbons (Fsp3) is 0.500. The molecule has 0 aliphatic heterocycles. The van der Waals surface area contributed by atoms with Crippen LogP contribution in [0.2, 0.25) is 0 Å². The maximum Gasteiger partial charge on any atom is 0.329 e. The Hall–Kier alpha value is -0.940. The van der Waals surface area contributed by atoms with E-state index in [0.717, 1.165) is 0 Å². The summed E-state index contributed by atoms with van der Waals surface area (Å²) in [4.78, 5) is 15.4. The summed E-state index contributed by atoms with van der Waals surface area (Å²) in [6.07, 6.45) is 0. The molecule has 0 amide bonds. The topological polar surface area (TPSA) is 51.2 Å². The summed E-state index contributed by atoms with van der Waals surface area (Å²) in [5.74, 6) is -0.282. The van der Waals surface area contributed by atoms with Crippen molar-refractivity contribution in [2.45, 2.75) is 13.0 Å². The molecule has 0 spiro atoms. The lowest BCUT2D eigenvalue weighted by Crippen LogP contribution is -2.27. The zero-order valence-corrected chi connectivity index (χ0v) is 8.43. The van der Waals surface area contributed by atoms with Crippen LogP contribution in [0.15, 0.2) is 10.9 Å². The first-order valence-electron chi connectivity index (χ1n) is 4.01. The van der Waals surface area contributed by atoms with Gasteiger partial charge in [-0.1, -0.05) is 0 Å². The van der Waals surface area contributed by atoms with Gasteiger partial charge in [-0.25, -0.2) is 9.78 Å². The quantitative estimate of drug-likeness (QED) is 0.736. The van der Waals surface area contributed by atoms with Crippen LogP contribution in [-0.2, 0) is 9.53 Å². The van der Waals surface area contributed by atoms with E-state index in [2.05, 4.69) is 10.3 Å². The predicted molar refractivity (Wildman–Crippen MR) is 50.5 cm³/mol. The van der Waals surface area contributed by atoms with Gasteiger partial charge < -0.3 is 10.1 Å². The van der Waals surface area contributed by atoms with Crippen molar-refractivity contribution in [3.63, 3.8) is 0 Å². The molecule has 0 saturated carbocycles. The average molecular weight is 200 g/mol. The van der Waals surface area contributed by atoms with Crippen molar-refractivity contribution in [2.75, 3.05) is 13.7 Å². The van der Waals surface area contributed by atoms with Crippen LogP contribution < -0.4 is 5.32 Å². The van der Waals surface area contributed by atoms with Gasteiger partial charge in [0.1, 0.15) is 6.04 Å². The van der Waals surface area contributed by atoms with Gasteiger partial charge in [0, 0.05) is 5.38 Å². The lowest BCUT2D eigenvalue weighted by Gasteiger charge is -2.11. The Morgan fingerprint density at radius 3 is 3.08 bits per heavy atom. The molecule has 0 radical (unpaired) electrons. The Kier molecular flexibility index (Phi) is 3.85. The Morgan fingerprint density at radius 2 is 2.62 bits per heavy atom. The largest absolute Gasteiger partial charge is 0.465 e. The van der Waals surface area contributed by atoms with Crippen molar-refractivity contribution < 1.29 is 9.53 Å². The van der Waals surface area contributed by atoms with Crippen LogP contribution in [0.25, 0.3) is 0 Å². The van der Waals surface area contributed by atoms with E-state index < -0.39 is 6.04 Å². The van der Waals surface area contributed by atoms with E-state index in [0.29, 0.717) is 12.3 Å². The summed E-state index contributed by atoms with van der Waals surface area (Å²) in [7, 11) is 1.71. The molecule has 1 aromatic heterocycles. The molecule has 1 heterocycles. The van der Waals surface area contributed by atoms with Crippen LogP contribution in [0, 0.1) is 0 Å². The molecule has 4 nitrogen and oxygen atoms in total. The first kappa shape index (κ1) is 10.1. The summed E-state index contributed by atoms with van der Waals surface area (Å²) >= 11 is 1.46. The van der Waals surface area contributed by atoms with Gasteiger partial charge in [0.05, 0.1) is 17.8 Å². The molecule has 0 bridgehead atoms. The van der Waals surface area contributed by atoms with Gasteiger partial charge in [-0.15, -0.1) is 11.3 Å². The highest BCUT2D eigenvalue weighted by Crippen LogP contribution is 2.13. The molecule has 0 aliphatic carbocycles.